The van der Waals surface area contributed by atoms with Crippen molar-refractivity contribution in [2.24, 2.45) is 0 Å². The van der Waals surface area contributed by atoms with Gasteiger partial charge in [-0.25, -0.2) is 9.97 Å². The summed E-state index contributed by atoms with van der Waals surface area (Å²) in [5.41, 5.74) is 6.79. The van der Waals surface area contributed by atoms with Crippen molar-refractivity contribution in [3.05, 3.63) is 108 Å². The van der Waals surface area contributed by atoms with Crippen LogP contribution in [-0.2, 0) is 0 Å². The Morgan fingerprint density at radius 2 is 1.28 bits per heavy atom. The lowest BCUT2D eigenvalue weighted by Gasteiger charge is -2.11. The van der Waals surface area contributed by atoms with E-state index in [4.69, 9.17) is 9.97 Å². The quantitative estimate of drug-likeness (QED) is 0.274. The Kier molecular flexibility index (Phi) is 4.55. The van der Waals surface area contributed by atoms with Crippen LogP contribution in [0, 0.1) is 0 Å². The molecule has 0 saturated carbocycles. The van der Waals surface area contributed by atoms with Gasteiger partial charge in [0.15, 0.2) is 0 Å². The third kappa shape index (κ3) is 3.18. The first-order valence-electron chi connectivity index (χ1n) is 10.3. The minimum atomic E-state index is 0.625. The van der Waals surface area contributed by atoms with Crippen LogP contribution in [0.15, 0.2) is 108 Å². The van der Waals surface area contributed by atoms with Gasteiger partial charge in [0.1, 0.15) is 0 Å². The average Bonchev–Trinajstić information content (AvgIpc) is 3.18. The number of pyridine rings is 1. The molecule has 0 aliphatic heterocycles. The first kappa shape index (κ1) is 18.9. The largest absolute Gasteiger partial charge is 0.276 e. The van der Waals surface area contributed by atoms with E-state index in [2.05, 4.69) is 74.0 Å². The van der Waals surface area contributed by atoms with Gasteiger partial charge in [-0.3, -0.25) is 9.55 Å². The molecule has 3 heterocycles. The van der Waals surface area contributed by atoms with Crippen LogP contribution >= 0.6 is 15.9 Å². The van der Waals surface area contributed by atoms with Gasteiger partial charge < -0.3 is 0 Å². The fourth-order valence-electron chi connectivity index (χ4n) is 4.07. The summed E-state index contributed by atoms with van der Waals surface area (Å²) in [6.45, 7) is 0. The van der Waals surface area contributed by atoms with Gasteiger partial charge in [0, 0.05) is 27.2 Å². The molecular weight excluding hydrogens is 460 g/mol. The second-order valence-corrected chi connectivity index (χ2v) is 8.45. The SMILES string of the molecule is Brc1ccc2c(c1)c1ncccc1n2-c1nc(-c2ccccc2)cc(-c2ccccc2)n1. The van der Waals surface area contributed by atoms with Gasteiger partial charge >= 0.3 is 0 Å². The average molecular weight is 477 g/mol. The van der Waals surface area contributed by atoms with Crippen molar-refractivity contribution < 1.29 is 0 Å². The van der Waals surface area contributed by atoms with E-state index in [1.807, 2.05) is 54.7 Å². The highest BCUT2D eigenvalue weighted by Crippen LogP contribution is 2.33. The molecule has 0 spiro atoms. The van der Waals surface area contributed by atoms with Crippen LogP contribution in [0.1, 0.15) is 0 Å². The van der Waals surface area contributed by atoms with Crippen LogP contribution in [-0.4, -0.2) is 19.5 Å². The number of fused-ring (bicyclic) bond motifs is 3. The summed E-state index contributed by atoms with van der Waals surface area (Å²) >= 11 is 3.60. The molecule has 0 fully saturated rings. The molecule has 0 aliphatic rings. The van der Waals surface area contributed by atoms with E-state index in [1.165, 1.54) is 0 Å². The Labute approximate surface area is 193 Å². The Hall–Kier alpha value is -3.83. The lowest BCUT2D eigenvalue weighted by atomic mass is 10.1. The Morgan fingerprint density at radius 1 is 0.625 bits per heavy atom. The van der Waals surface area contributed by atoms with Crippen LogP contribution in [0.3, 0.4) is 0 Å². The molecule has 0 saturated heterocycles. The van der Waals surface area contributed by atoms with Crippen molar-refractivity contribution in [3.8, 4) is 28.5 Å². The second kappa shape index (κ2) is 7.70. The van der Waals surface area contributed by atoms with E-state index in [0.717, 1.165) is 48.9 Å². The van der Waals surface area contributed by atoms with E-state index in [9.17, 15) is 0 Å². The van der Waals surface area contributed by atoms with Crippen LogP contribution in [0.5, 0.6) is 0 Å². The zero-order chi connectivity index (χ0) is 21.5. The van der Waals surface area contributed by atoms with E-state index in [-0.39, 0.29) is 0 Å². The highest BCUT2D eigenvalue weighted by atomic mass is 79.9. The van der Waals surface area contributed by atoms with Crippen LogP contribution in [0.4, 0.5) is 0 Å². The first-order valence-corrected chi connectivity index (χ1v) is 11.1. The van der Waals surface area contributed by atoms with Gasteiger partial charge in [-0.2, -0.15) is 0 Å². The van der Waals surface area contributed by atoms with Gasteiger partial charge in [-0.05, 0) is 36.4 Å². The molecular formula is C27H17BrN4. The van der Waals surface area contributed by atoms with Gasteiger partial charge in [-0.1, -0.05) is 76.6 Å². The highest BCUT2D eigenvalue weighted by Gasteiger charge is 2.17. The Bertz CT molecular complexity index is 1520. The van der Waals surface area contributed by atoms with E-state index >= 15 is 0 Å². The van der Waals surface area contributed by atoms with Crippen LogP contribution < -0.4 is 0 Å². The smallest absolute Gasteiger partial charge is 0.235 e. The number of aromatic nitrogens is 4. The predicted octanol–water partition coefficient (Wildman–Crippen LogP) is 7.07. The van der Waals surface area contributed by atoms with Crippen molar-refractivity contribution in [2.45, 2.75) is 0 Å². The summed E-state index contributed by atoms with van der Waals surface area (Å²) in [6.07, 6.45) is 1.82. The number of halogens is 1. The van der Waals surface area contributed by atoms with Crippen LogP contribution in [0.2, 0.25) is 0 Å². The van der Waals surface area contributed by atoms with Crippen molar-refractivity contribution in [3.63, 3.8) is 0 Å². The molecule has 0 amide bonds. The molecule has 6 rings (SSSR count). The van der Waals surface area contributed by atoms with Gasteiger partial charge in [0.25, 0.3) is 0 Å². The summed E-state index contributed by atoms with van der Waals surface area (Å²) in [5, 5.41) is 1.06. The topological polar surface area (TPSA) is 43.6 Å². The number of benzene rings is 3. The molecule has 0 N–H and O–H groups in total. The molecule has 152 valence electrons. The van der Waals surface area contributed by atoms with Gasteiger partial charge in [0.2, 0.25) is 5.95 Å². The highest BCUT2D eigenvalue weighted by molar-refractivity contribution is 9.10. The lowest BCUT2D eigenvalue weighted by molar-refractivity contribution is 0.994. The van der Waals surface area contributed by atoms with Crippen molar-refractivity contribution >= 4 is 37.9 Å². The fourth-order valence-corrected chi connectivity index (χ4v) is 4.43. The monoisotopic (exact) mass is 476 g/mol. The Balaban J connectivity index is 1.70. The van der Waals surface area contributed by atoms with Crippen molar-refractivity contribution in [1.29, 1.82) is 0 Å². The minimum absolute atomic E-state index is 0.625. The van der Waals surface area contributed by atoms with Crippen molar-refractivity contribution in [2.75, 3.05) is 0 Å². The number of hydrogen-bond acceptors (Lipinski definition) is 3. The molecule has 0 bridgehead atoms. The van der Waals surface area contributed by atoms with E-state index < -0.39 is 0 Å². The third-order valence-electron chi connectivity index (χ3n) is 5.54. The van der Waals surface area contributed by atoms with Crippen LogP contribution in [0.25, 0.3) is 50.4 Å². The molecule has 32 heavy (non-hydrogen) atoms. The summed E-state index contributed by atoms with van der Waals surface area (Å²) < 4.78 is 3.11. The molecule has 0 atom stereocenters. The maximum Gasteiger partial charge on any atom is 0.235 e. The summed E-state index contributed by atoms with van der Waals surface area (Å²) in [7, 11) is 0. The molecule has 0 radical (unpaired) electrons. The predicted molar refractivity (Wildman–Crippen MR) is 133 cm³/mol. The number of hydrogen-bond donors (Lipinski definition) is 0. The molecule has 6 aromatic rings. The van der Waals surface area contributed by atoms with Gasteiger partial charge in [-0.15, -0.1) is 0 Å². The zero-order valence-electron chi connectivity index (χ0n) is 17.0. The maximum atomic E-state index is 5.01. The number of nitrogens with zero attached hydrogens (tertiary/aromatic N) is 4. The molecule has 0 unspecified atom stereocenters. The Morgan fingerprint density at radius 3 is 1.94 bits per heavy atom. The molecule has 0 aliphatic carbocycles. The fraction of sp³-hybridized carbons (Fsp3) is 0. The molecule has 5 heteroatoms. The minimum Gasteiger partial charge on any atom is -0.276 e. The van der Waals surface area contributed by atoms with E-state index in [1.54, 1.807) is 0 Å². The summed E-state index contributed by atoms with van der Waals surface area (Å²) in [4.78, 5) is 14.7. The normalized spacial score (nSPS) is 11.3. The number of rotatable bonds is 3. The lowest BCUT2D eigenvalue weighted by Crippen LogP contribution is -2.04. The summed E-state index contributed by atoms with van der Waals surface area (Å²) in [5.74, 6) is 0.625. The molecule has 4 nitrogen and oxygen atoms in total. The van der Waals surface area contributed by atoms with E-state index in [0.29, 0.717) is 5.95 Å². The molecule has 3 aromatic carbocycles. The first-order chi connectivity index (χ1) is 15.8. The third-order valence-corrected chi connectivity index (χ3v) is 6.03. The molecule has 3 aromatic heterocycles. The second-order valence-electron chi connectivity index (χ2n) is 7.54. The zero-order valence-corrected chi connectivity index (χ0v) is 18.6. The van der Waals surface area contributed by atoms with Crippen molar-refractivity contribution in [1.82, 2.24) is 19.5 Å². The maximum absolute atomic E-state index is 5.01. The summed E-state index contributed by atoms with van der Waals surface area (Å²) in [6, 6.07) is 32.7. The van der Waals surface area contributed by atoms with Gasteiger partial charge in [0.05, 0.1) is 27.9 Å². The standard InChI is InChI=1S/C27H17BrN4/c28-20-13-14-24-21(16-20)26-25(12-7-15-29-26)32(24)27-30-22(18-8-3-1-4-9-18)17-23(31-27)19-10-5-2-6-11-19/h1-17H.